The van der Waals surface area contributed by atoms with Gasteiger partial charge in [-0.25, -0.2) is 0 Å². The Hall–Kier alpha value is -1.87. The number of aromatic nitrogens is 1. The number of hydrogen-bond donors (Lipinski definition) is 1. The molecule has 0 aliphatic heterocycles. The fraction of sp³-hybridized carbons (Fsp3) is 0.353. The van der Waals surface area contributed by atoms with Crippen LogP contribution in [-0.4, -0.2) is 4.98 Å². The van der Waals surface area contributed by atoms with Gasteiger partial charge in [-0.3, -0.25) is 4.98 Å². The molecule has 3 nitrogen and oxygen atoms in total. The van der Waals surface area contributed by atoms with Gasteiger partial charge in [0, 0.05) is 12.2 Å². The quantitative estimate of drug-likeness (QED) is 0.903. The van der Waals surface area contributed by atoms with Crippen molar-refractivity contribution in [1.29, 1.82) is 0 Å². The van der Waals surface area contributed by atoms with Crippen molar-refractivity contribution in [1.82, 2.24) is 4.98 Å². The molecule has 0 saturated carbocycles. The molecule has 106 valence electrons. The molecule has 0 atom stereocenters. The maximum atomic E-state index is 5.83. The van der Waals surface area contributed by atoms with Gasteiger partial charge in [0.05, 0.1) is 5.69 Å². The number of nitrogens with two attached hydrogens (primary N) is 1. The highest BCUT2D eigenvalue weighted by molar-refractivity contribution is 5.30. The molecule has 0 unspecified atom stereocenters. The minimum absolute atomic E-state index is 0.392. The Morgan fingerprint density at radius 2 is 1.80 bits per heavy atom. The number of ether oxygens (including phenoxy) is 1. The third-order valence-corrected chi connectivity index (χ3v) is 3.31. The van der Waals surface area contributed by atoms with Crippen LogP contribution < -0.4 is 10.5 Å². The topological polar surface area (TPSA) is 48.1 Å². The highest BCUT2D eigenvalue weighted by Crippen LogP contribution is 2.19. The normalized spacial score (nSPS) is 10.8. The van der Waals surface area contributed by atoms with Crippen LogP contribution in [0, 0.1) is 6.92 Å². The van der Waals surface area contributed by atoms with Gasteiger partial charge in [-0.05, 0) is 36.1 Å². The molecular formula is C17H22N2O. The molecule has 0 aliphatic rings. The van der Waals surface area contributed by atoms with E-state index >= 15 is 0 Å². The first kappa shape index (κ1) is 14.5. The Morgan fingerprint density at radius 1 is 1.10 bits per heavy atom. The van der Waals surface area contributed by atoms with Gasteiger partial charge in [0.25, 0.3) is 0 Å². The maximum absolute atomic E-state index is 5.83. The Balaban J connectivity index is 2.05. The van der Waals surface area contributed by atoms with Crippen LogP contribution in [0.5, 0.6) is 5.75 Å². The van der Waals surface area contributed by atoms with Crippen LogP contribution in [0.4, 0.5) is 0 Å². The summed E-state index contributed by atoms with van der Waals surface area (Å²) in [6.07, 6.45) is 0. The Bertz CT molecular complexity index is 562. The Kier molecular flexibility index (Phi) is 4.74. The third kappa shape index (κ3) is 3.58. The molecule has 2 rings (SSSR count). The summed E-state index contributed by atoms with van der Waals surface area (Å²) in [7, 11) is 0. The zero-order valence-electron chi connectivity index (χ0n) is 12.4. The maximum Gasteiger partial charge on any atom is 0.142 e. The van der Waals surface area contributed by atoms with Gasteiger partial charge in [-0.2, -0.15) is 0 Å². The minimum atomic E-state index is 0.392. The molecule has 0 bridgehead atoms. The number of benzene rings is 1. The van der Waals surface area contributed by atoms with Crippen molar-refractivity contribution in [2.24, 2.45) is 5.73 Å². The lowest BCUT2D eigenvalue weighted by Gasteiger charge is -2.11. The van der Waals surface area contributed by atoms with Gasteiger partial charge in [0.2, 0.25) is 0 Å². The van der Waals surface area contributed by atoms with Crippen molar-refractivity contribution >= 4 is 0 Å². The van der Waals surface area contributed by atoms with Crippen molar-refractivity contribution in [3.05, 3.63) is 58.9 Å². The number of rotatable bonds is 5. The number of hydrogen-bond acceptors (Lipinski definition) is 3. The van der Waals surface area contributed by atoms with Gasteiger partial charge in [0.1, 0.15) is 12.4 Å². The van der Waals surface area contributed by atoms with E-state index in [9.17, 15) is 0 Å². The molecule has 0 amide bonds. The van der Waals surface area contributed by atoms with Crippen molar-refractivity contribution in [3.8, 4) is 5.75 Å². The second-order valence-electron chi connectivity index (χ2n) is 5.29. The summed E-state index contributed by atoms with van der Waals surface area (Å²) < 4.78 is 5.83. The van der Waals surface area contributed by atoms with Crippen LogP contribution in [0.2, 0.25) is 0 Å². The lowest BCUT2D eigenvalue weighted by Crippen LogP contribution is -2.06. The molecule has 0 spiro atoms. The average molecular weight is 270 g/mol. The molecule has 20 heavy (non-hydrogen) atoms. The third-order valence-electron chi connectivity index (χ3n) is 3.31. The summed E-state index contributed by atoms with van der Waals surface area (Å²) in [4.78, 5) is 4.39. The summed E-state index contributed by atoms with van der Waals surface area (Å²) >= 11 is 0. The van der Waals surface area contributed by atoms with Crippen molar-refractivity contribution < 1.29 is 4.74 Å². The summed E-state index contributed by atoms with van der Waals surface area (Å²) in [5.74, 6) is 1.32. The van der Waals surface area contributed by atoms with Crippen molar-refractivity contribution in [3.63, 3.8) is 0 Å². The van der Waals surface area contributed by atoms with E-state index in [0.29, 0.717) is 19.1 Å². The van der Waals surface area contributed by atoms with Crippen molar-refractivity contribution in [2.45, 2.75) is 39.8 Å². The van der Waals surface area contributed by atoms with Crippen LogP contribution in [0.25, 0.3) is 0 Å². The van der Waals surface area contributed by atoms with Crippen LogP contribution in [0.3, 0.4) is 0 Å². The van der Waals surface area contributed by atoms with Crippen LogP contribution >= 0.6 is 0 Å². The van der Waals surface area contributed by atoms with Gasteiger partial charge >= 0.3 is 0 Å². The largest absolute Gasteiger partial charge is 0.487 e. The lowest BCUT2D eigenvalue weighted by molar-refractivity contribution is 0.301. The van der Waals surface area contributed by atoms with E-state index in [-0.39, 0.29) is 0 Å². The monoisotopic (exact) mass is 270 g/mol. The molecule has 1 aromatic heterocycles. The fourth-order valence-corrected chi connectivity index (χ4v) is 2.04. The molecule has 0 aliphatic carbocycles. The first-order valence-corrected chi connectivity index (χ1v) is 6.98. The van der Waals surface area contributed by atoms with Crippen LogP contribution in [0.1, 0.15) is 42.3 Å². The fourth-order valence-electron chi connectivity index (χ4n) is 2.04. The smallest absolute Gasteiger partial charge is 0.142 e. The first-order chi connectivity index (χ1) is 9.60. The molecular weight excluding hydrogens is 248 g/mol. The Morgan fingerprint density at radius 3 is 2.40 bits per heavy atom. The van der Waals surface area contributed by atoms with E-state index in [1.807, 2.05) is 19.1 Å². The van der Waals surface area contributed by atoms with Gasteiger partial charge in [-0.15, -0.1) is 0 Å². The van der Waals surface area contributed by atoms with E-state index in [1.165, 1.54) is 5.56 Å². The molecule has 1 heterocycles. The Labute approximate surface area is 120 Å². The van der Waals surface area contributed by atoms with E-state index < -0.39 is 0 Å². The van der Waals surface area contributed by atoms with Crippen LogP contribution in [0.15, 0.2) is 36.4 Å². The number of pyridine rings is 1. The summed E-state index contributed by atoms with van der Waals surface area (Å²) in [5, 5.41) is 0. The summed E-state index contributed by atoms with van der Waals surface area (Å²) in [6, 6.07) is 12.4. The minimum Gasteiger partial charge on any atom is -0.487 e. The SMILES string of the molecule is Cc1ccc(OCc2ccc(C(C)C)cc2)c(CN)n1. The molecule has 3 heteroatoms. The van der Waals surface area contributed by atoms with Gasteiger partial charge in [-0.1, -0.05) is 38.1 Å². The molecule has 2 N–H and O–H groups in total. The second kappa shape index (κ2) is 6.53. The van der Waals surface area contributed by atoms with Gasteiger partial charge in [0.15, 0.2) is 0 Å². The standard InChI is InChI=1S/C17H22N2O/c1-12(2)15-7-5-14(6-8-15)11-20-17-9-4-13(3)19-16(17)10-18/h4-9,12H,10-11,18H2,1-3H3. The molecule has 0 radical (unpaired) electrons. The average Bonchev–Trinajstić information content (AvgIpc) is 2.46. The van der Waals surface area contributed by atoms with E-state index in [2.05, 4.69) is 43.1 Å². The van der Waals surface area contributed by atoms with Crippen LogP contribution in [-0.2, 0) is 13.2 Å². The van der Waals surface area contributed by atoms with E-state index in [4.69, 9.17) is 10.5 Å². The number of aryl methyl sites for hydroxylation is 1. The number of nitrogens with zero attached hydrogens (tertiary/aromatic N) is 1. The predicted octanol–water partition coefficient (Wildman–Crippen LogP) is 3.55. The zero-order valence-corrected chi connectivity index (χ0v) is 12.4. The van der Waals surface area contributed by atoms with E-state index in [1.54, 1.807) is 0 Å². The molecule has 0 saturated heterocycles. The highest BCUT2D eigenvalue weighted by Gasteiger charge is 2.05. The predicted molar refractivity (Wildman–Crippen MR) is 81.7 cm³/mol. The zero-order chi connectivity index (χ0) is 14.5. The highest BCUT2D eigenvalue weighted by atomic mass is 16.5. The molecule has 1 aromatic carbocycles. The second-order valence-corrected chi connectivity index (χ2v) is 5.29. The summed E-state index contributed by atoms with van der Waals surface area (Å²) in [6.45, 7) is 7.26. The molecule has 2 aromatic rings. The first-order valence-electron chi connectivity index (χ1n) is 6.98. The summed E-state index contributed by atoms with van der Waals surface area (Å²) in [5.41, 5.74) is 9.96. The lowest BCUT2D eigenvalue weighted by atomic mass is 10.0. The molecule has 0 fully saturated rings. The van der Waals surface area contributed by atoms with E-state index in [0.717, 1.165) is 22.7 Å². The van der Waals surface area contributed by atoms with Crippen molar-refractivity contribution in [2.75, 3.05) is 0 Å². The van der Waals surface area contributed by atoms with Gasteiger partial charge < -0.3 is 10.5 Å².